The molecule has 1 aliphatic heterocycles. The smallest absolute Gasteiger partial charge is 0.0399 e. The number of hydrogen-bond acceptors (Lipinski definition) is 2. The minimum atomic E-state index is 0.462. The van der Waals surface area contributed by atoms with E-state index in [2.05, 4.69) is 71.7 Å². The Hall–Kier alpha value is -1.80. The molecule has 1 N–H and O–H groups in total. The highest BCUT2D eigenvalue weighted by atomic mass is 15.2. The Morgan fingerprint density at radius 3 is 2.62 bits per heavy atom. The van der Waals surface area contributed by atoms with E-state index in [-0.39, 0.29) is 0 Å². The average molecular weight is 280 g/mol. The van der Waals surface area contributed by atoms with E-state index >= 15 is 0 Å². The second-order valence-corrected chi connectivity index (χ2v) is 5.69. The standard InChI is InChI=1S/C19H24N2/c1-2-18(16-8-4-3-5-9-16)20-13-15-21-14-12-17-10-6-7-11-19(17)21/h3-11,18,20H,2,12-15H2,1H3. The van der Waals surface area contributed by atoms with E-state index in [1.807, 2.05) is 0 Å². The molecule has 0 saturated heterocycles. The first kappa shape index (κ1) is 14.2. The van der Waals surface area contributed by atoms with Crippen molar-refractivity contribution in [2.45, 2.75) is 25.8 Å². The Labute approximate surface area is 127 Å². The number of para-hydroxylation sites is 1. The van der Waals surface area contributed by atoms with Crippen LogP contribution in [-0.2, 0) is 6.42 Å². The van der Waals surface area contributed by atoms with E-state index in [1.165, 1.54) is 23.2 Å². The van der Waals surface area contributed by atoms with Crippen LogP contribution >= 0.6 is 0 Å². The van der Waals surface area contributed by atoms with Gasteiger partial charge in [0, 0.05) is 31.4 Å². The summed E-state index contributed by atoms with van der Waals surface area (Å²) in [6.07, 6.45) is 2.31. The molecule has 1 heterocycles. The molecule has 0 amide bonds. The topological polar surface area (TPSA) is 15.3 Å². The summed E-state index contributed by atoms with van der Waals surface area (Å²) < 4.78 is 0. The van der Waals surface area contributed by atoms with Crippen LogP contribution in [0.5, 0.6) is 0 Å². The predicted octanol–water partition coefficient (Wildman–Crippen LogP) is 3.79. The van der Waals surface area contributed by atoms with Crippen LogP contribution in [0.15, 0.2) is 54.6 Å². The molecule has 0 aromatic heterocycles. The first-order valence-electron chi connectivity index (χ1n) is 7.99. The van der Waals surface area contributed by atoms with Gasteiger partial charge in [-0.3, -0.25) is 0 Å². The third-order valence-electron chi connectivity index (χ3n) is 4.37. The lowest BCUT2D eigenvalue weighted by atomic mass is 10.0. The van der Waals surface area contributed by atoms with E-state index in [0.29, 0.717) is 6.04 Å². The molecule has 110 valence electrons. The molecule has 0 radical (unpaired) electrons. The molecule has 1 atom stereocenters. The van der Waals surface area contributed by atoms with Gasteiger partial charge in [0.1, 0.15) is 0 Å². The third kappa shape index (κ3) is 3.27. The Balaban J connectivity index is 1.54. The first-order valence-corrected chi connectivity index (χ1v) is 7.99. The van der Waals surface area contributed by atoms with Crippen molar-refractivity contribution in [3.05, 3.63) is 65.7 Å². The number of rotatable bonds is 6. The van der Waals surface area contributed by atoms with Gasteiger partial charge < -0.3 is 10.2 Å². The van der Waals surface area contributed by atoms with Gasteiger partial charge in [-0.25, -0.2) is 0 Å². The Morgan fingerprint density at radius 2 is 1.81 bits per heavy atom. The highest BCUT2D eigenvalue weighted by Crippen LogP contribution is 2.26. The lowest BCUT2D eigenvalue weighted by Crippen LogP contribution is -2.32. The average Bonchev–Trinajstić information content (AvgIpc) is 2.96. The molecule has 1 unspecified atom stereocenters. The maximum atomic E-state index is 3.70. The predicted molar refractivity (Wildman–Crippen MR) is 89.8 cm³/mol. The van der Waals surface area contributed by atoms with Crippen molar-refractivity contribution in [3.63, 3.8) is 0 Å². The second-order valence-electron chi connectivity index (χ2n) is 5.69. The number of hydrogen-bond donors (Lipinski definition) is 1. The molecule has 21 heavy (non-hydrogen) atoms. The number of nitrogens with one attached hydrogen (secondary N) is 1. The Morgan fingerprint density at radius 1 is 1.05 bits per heavy atom. The van der Waals surface area contributed by atoms with Crippen molar-refractivity contribution >= 4 is 5.69 Å². The van der Waals surface area contributed by atoms with Crippen molar-refractivity contribution in [2.75, 3.05) is 24.5 Å². The zero-order valence-corrected chi connectivity index (χ0v) is 12.8. The van der Waals surface area contributed by atoms with Crippen LogP contribution in [0.1, 0.15) is 30.5 Å². The summed E-state index contributed by atoms with van der Waals surface area (Å²) in [5.74, 6) is 0. The number of benzene rings is 2. The van der Waals surface area contributed by atoms with Crippen LogP contribution in [0.3, 0.4) is 0 Å². The third-order valence-corrected chi connectivity index (χ3v) is 4.37. The molecule has 0 spiro atoms. The maximum Gasteiger partial charge on any atom is 0.0399 e. The van der Waals surface area contributed by atoms with Crippen molar-refractivity contribution in [2.24, 2.45) is 0 Å². The van der Waals surface area contributed by atoms with E-state index in [9.17, 15) is 0 Å². The highest BCUT2D eigenvalue weighted by molar-refractivity contribution is 5.57. The summed E-state index contributed by atoms with van der Waals surface area (Å²) in [6.45, 7) is 5.51. The summed E-state index contributed by atoms with van der Waals surface area (Å²) in [6, 6.07) is 20.0. The lowest BCUT2D eigenvalue weighted by molar-refractivity contribution is 0.521. The fourth-order valence-electron chi connectivity index (χ4n) is 3.20. The van der Waals surface area contributed by atoms with Gasteiger partial charge in [-0.05, 0) is 30.0 Å². The van der Waals surface area contributed by atoms with Crippen molar-refractivity contribution in [1.82, 2.24) is 5.32 Å². The summed E-state index contributed by atoms with van der Waals surface area (Å²) in [7, 11) is 0. The molecule has 3 rings (SSSR count). The van der Waals surface area contributed by atoms with Crippen molar-refractivity contribution in [3.8, 4) is 0 Å². The van der Waals surface area contributed by atoms with E-state index < -0.39 is 0 Å². The monoisotopic (exact) mass is 280 g/mol. The van der Waals surface area contributed by atoms with Crippen LogP contribution in [-0.4, -0.2) is 19.6 Å². The summed E-state index contributed by atoms with van der Waals surface area (Å²) in [5, 5.41) is 3.70. The highest BCUT2D eigenvalue weighted by Gasteiger charge is 2.18. The normalized spacial score (nSPS) is 15.0. The maximum absolute atomic E-state index is 3.70. The molecular weight excluding hydrogens is 256 g/mol. The van der Waals surface area contributed by atoms with Gasteiger partial charge in [-0.1, -0.05) is 55.5 Å². The quantitative estimate of drug-likeness (QED) is 0.866. The van der Waals surface area contributed by atoms with Gasteiger partial charge >= 0.3 is 0 Å². The summed E-state index contributed by atoms with van der Waals surface area (Å²) in [5.41, 5.74) is 4.31. The zero-order chi connectivity index (χ0) is 14.5. The van der Waals surface area contributed by atoms with Crippen LogP contribution in [0.25, 0.3) is 0 Å². The number of anilines is 1. The van der Waals surface area contributed by atoms with Crippen molar-refractivity contribution < 1.29 is 0 Å². The molecule has 1 aliphatic rings. The SMILES string of the molecule is CCC(NCCN1CCc2ccccc21)c1ccccc1. The van der Waals surface area contributed by atoms with Crippen LogP contribution < -0.4 is 10.2 Å². The van der Waals surface area contributed by atoms with Crippen LogP contribution in [0, 0.1) is 0 Å². The first-order chi connectivity index (χ1) is 10.4. The molecule has 0 fully saturated rings. The zero-order valence-electron chi connectivity index (χ0n) is 12.8. The fraction of sp³-hybridized carbons (Fsp3) is 0.368. The molecule has 0 bridgehead atoms. The molecule has 0 saturated carbocycles. The molecule has 2 aromatic rings. The van der Waals surface area contributed by atoms with Gasteiger partial charge in [0.15, 0.2) is 0 Å². The minimum absolute atomic E-state index is 0.462. The van der Waals surface area contributed by atoms with Crippen LogP contribution in [0.4, 0.5) is 5.69 Å². The van der Waals surface area contributed by atoms with Gasteiger partial charge in [-0.15, -0.1) is 0 Å². The largest absolute Gasteiger partial charge is 0.370 e. The van der Waals surface area contributed by atoms with Crippen molar-refractivity contribution in [1.29, 1.82) is 0 Å². The second kappa shape index (κ2) is 6.77. The number of nitrogens with zero attached hydrogens (tertiary/aromatic N) is 1. The Bertz CT molecular complexity index is 563. The molecule has 2 aromatic carbocycles. The Kier molecular flexibility index (Phi) is 4.56. The van der Waals surface area contributed by atoms with Gasteiger partial charge in [0.05, 0.1) is 0 Å². The summed E-state index contributed by atoms with van der Waals surface area (Å²) >= 11 is 0. The van der Waals surface area contributed by atoms with E-state index in [0.717, 1.165) is 26.1 Å². The van der Waals surface area contributed by atoms with E-state index in [4.69, 9.17) is 0 Å². The van der Waals surface area contributed by atoms with Crippen LogP contribution in [0.2, 0.25) is 0 Å². The lowest BCUT2D eigenvalue weighted by Gasteiger charge is -2.22. The van der Waals surface area contributed by atoms with E-state index in [1.54, 1.807) is 0 Å². The minimum Gasteiger partial charge on any atom is -0.370 e. The fourth-order valence-corrected chi connectivity index (χ4v) is 3.20. The molecule has 0 aliphatic carbocycles. The van der Waals surface area contributed by atoms with Gasteiger partial charge in [0.2, 0.25) is 0 Å². The number of fused-ring (bicyclic) bond motifs is 1. The molecule has 2 nitrogen and oxygen atoms in total. The summed E-state index contributed by atoms with van der Waals surface area (Å²) in [4.78, 5) is 2.50. The molecular formula is C19H24N2. The molecule has 2 heteroatoms. The van der Waals surface area contributed by atoms with Gasteiger partial charge in [0.25, 0.3) is 0 Å². The van der Waals surface area contributed by atoms with Gasteiger partial charge in [-0.2, -0.15) is 0 Å².